The average Bonchev–Trinajstić information content (AvgIpc) is 2.40. The van der Waals surface area contributed by atoms with Crippen LogP contribution >= 0.6 is 0 Å². The number of carbonyl (C=O) groups is 1. The second-order valence-corrected chi connectivity index (χ2v) is 5.33. The highest BCUT2D eigenvalue weighted by Crippen LogP contribution is 2.14. The maximum Gasteiger partial charge on any atom is 0.226 e. The lowest BCUT2D eigenvalue weighted by Crippen LogP contribution is -2.39. The Morgan fingerprint density at radius 1 is 1.53 bits per heavy atom. The first-order valence-electron chi connectivity index (χ1n) is 6.88. The molecule has 1 amide bonds. The fourth-order valence-corrected chi connectivity index (χ4v) is 2.54. The first-order valence-corrected chi connectivity index (χ1v) is 6.88. The molecule has 4 nitrogen and oxygen atoms in total. The third-order valence-corrected chi connectivity index (χ3v) is 3.62. The number of phenols is 1. The topological polar surface area (TPSA) is 52.6 Å². The maximum absolute atomic E-state index is 12.1. The highest BCUT2D eigenvalue weighted by molar-refractivity contribution is 5.78. The number of amides is 1. The summed E-state index contributed by atoms with van der Waals surface area (Å²) in [6, 6.07) is 6.90. The van der Waals surface area contributed by atoms with Gasteiger partial charge in [0.05, 0.1) is 6.42 Å². The summed E-state index contributed by atoms with van der Waals surface area (Å²) in [5, 5.41) is 12.8. The van der Waals surface area contributed by atoms with E-state index in [1.54, 1.807) is 18.2 Å². The minimum absolute atomic E-state index is 0.108. The monoisotopic (exact) mass is 262 g/mol. The van der Waals surface area contributed by atoms with Gasteiger partial charge in [0.2, 0.25) is 5.91 Å². The molecule has 1 saturated heterocycles. The van der Waals surface area contributed by atoms with Gasteiger partial charge in [0, 0.05) is 13.6 Å². The summed E-state index contributed by atoms with van der Waals surface area (Å²) in [4.78, 5) is 13.9. The first kappa shape index (κ1) is 13.9. The Labute approximate surface area is 114 Å². The van der Waals surface area contributed by atoms with Gasteiger partial charge in [-0.3, -0.25) is 4.79 Å². The Morgan fingerprint density at radius 3 is 3.05 bits per heavy atom. The van der Waals surface area contributed by atoms with Gasteiger partial charge in [0.15, 0.2) is 0 Å². The predicted molar refractivity (Wildman–Crippen MR) is 75.0 cm³/mol. The molecular weight excluding hydrogens is 240 g/mol. The number of likely N-dealkylation sites (N-methyl/N-ethyl adjacent to an activating group) is 1. The van der Waals surface area contributed by atoms with E-state index < -0.39 is 0 Å². The fourth-order valence-electron chi connectivity index (χ4n) is 2.54. The van der Waals surface area contributed by atoms with Gasteiger partial charge in [-0.2, -0.15) is 0 Å². The van der Waals surface area contributed by atoms with Crippen molar-refractivity contribution >= 4 is 5.91 Å². The molecule has 1 unspecified atom stereocenters. The summed E-state index contributed by atoms with van der Waals surface area (Å²) in [6.45, 7) is 2.91. The number of aromatic hydroxyl groups is 1. The Balaban J connectivity index is 1.84. The number of rotatable bonds is 4. The summed E-state index contributed by atoms with van der Waals surface area (Å²) < 4.78 is 0. The van der Waals surface area contributed by atoms with Crippen LogP contribution in [0.1, 0.15) is 18.4 Å². The van der Waals surface area contributed by atoms with Gasteiger partial charge < -0.3 is 15.3 Å². The highest BCUT2D eigenvalue weighted by Gasteiger charge is 2.18. The summed E-state index contributed by atoms with van der Waals surface area (Å²) in [5.41, 5.74) is 0.860. The van der Waals surface area contributed by atoms with Crippen molar-refractivity contribution in [3.05, 3.63) is 29.8 Å². The summed E-state index contributed by atoms with van der Waals surface area (Å²) in [7, 11) is 1.86. The van der Waals surface area contributed by atoms with Crippen LogP contribution in [0.15, 0.2) is 24.3 Å². The summed E-state index contributed by atoms with van der Waals surface area (Å²) in [5.74, 6) is 0.882. The molecule has 1 aliphatic rings. The van der Waals surface area contributed by atoms with E-state index >= 15 is 0 Å². The zero-order valence-corrected chi connectivity index (χ0v) is 11.4. The molecule has 2 N–H and O–H groups in total. The summed E-state index contributed by atoms with van der Waals surface area (Å²) >= 11 is 0. The van der Waals surface area contributed by atoms with Crippen LogP contribution in [0.5, 0.6) is 5.75 Å². The standard InChI is InChI=1S/C15H22N2O2/c1-17(11-13-5-3-7-16-10-13)15(19)9-12-4-2-6-14(18)8-12/h2,4,6,8,13,16,18H,3,5,7,9-11H2,1H3. The number of piperidine rings is 1. The SMILES string of the molecule is CN(CC1CCCNC1)C(=O)Cc1cccc(O)c1. The molecule has 1 heterocycles. The smallest absolute Gasteiger partial charge is 0.226 e. The highest BCUT2D eigenvalue weighted by atomic mass is 16.3. The molecule has 0 radical (unpaired) electrons. The van der Waals surface area contributed by atoms with Crippen molar-refractivity contribution in [1.82, 2.24) is 10.2 Å². The normalized spacial score (nSPS) is 19.1. The van der Waals surface area contributed by atoms with E-state index in [0.29, 0.717) is 12.3 Å². The van der Waals surface area contributed by atoms with Gasteiger partial charge >= 0.3 is 0 Å². The molecule has 0 spiro atoms. The zero-order valence-electron chi connectivity index (χ0n) is 11.4. The number of benzene rings is 1. The number of nitrogens with zero attached hydrogens (tertiary/aromatic N) is 1. The molecular formula is C15H22N2O2. The van der Waals surface area contributed by atoms with Crippen molar-refractivity contribution in [3.8, 4) is 5.75 Å². The summed E-state index contributed by atoms with van der Waals surface area (Å²) in [6.07, 6.45) is 2.74. The van der Waals surface area contributed by atoms with Crippen LogP contribution in [0.25, 0.3) is 0 Å². The van der Waals surface area contributed by atoms with E-state index in [1.165, 1.54) is 12.8 Å². The third-order valence-electron chi connectivity index (χ3n) is 3.62. The van der Waals surface area contributed by atoms with Gasteiger partial charge in [-0.05, 0) is 49.5 Å². The molecule has 104 valence electrons. The van der Waals surface area contributed by atoms with Crippen LogP contribution < -0.4 is 5.32 Å². The molecule has 4 heteroatoms. The largest absolute Gasteiger partial charge is 0.508 e. The first-order chi connectivity index (χ1) is 9.15. The van der Waals surface area contributed by atoms with Crippen LogP contribution in [-0.2, 0) is 11.2 Å². The molecule has 1 aromatic carbocycles. The van der Waals surface area contributed by atoms with Crippen LogP contribution in [0.3, 0.4) is 0 Å². The van der Waals surface area contributed by atoms with Crippen molar-refractivity contribution in [2.24, 2.45) is 5.92 Å². The predicted octanol–water partition coefficient (Wildman–Crippen LogP) is 1.39. The second kappa shape index (κ2) is 6.57. The maximum atomic E-state index is 12.1. The van der Waals surface area contributed by atoms with Gasteiger partial charge in [-0.1, -0.05) is 12.1 Å². The van der Waals surface area contributed by atoms with Crippen LogP contribution in [0.2, 0.25) is 0 Å². The van der Waals surface area contributed by atoms with E-state index in [2.05, 4.69) is 5.32 Å². The van der Waals surface area contributed by atoms with Gasteiger partial charge in [0.25, 0.3) is 0 Å². The van der Waals surface area contributed by atoms with E-state index in [0.717, 1.165) is 25.2 Å². The Hall–Kier alpha value is -1.55. The van der Waals surface area contributed by atoms with Gasteiger partial charge in [-0.25, -0.2) is 0 Å². The lowest BCUT2D eigenvalue weighted by molar-refractivity contribution is -0.129. The third kappa shape index (κ3) is 4.24. The van der Waals surface area contributed by atoms with E-state index in [-0.39, 0.29) is 11.7 Å². The van der Waals surface area contributed by atoms with Crippen LogP contribution in [0.4, 0.5) is 0 Å². The Morgan fingerprint density at radius 2 is 2.37 bits per heavy atom. The quantitative estimate of drug-likeness (QED) is 0.862. The average molecular weight is 262 g/mol. The number of hydrogen-bond donors (Lipinski definition) is 2. The van der Waals surface area contributed by atoms with E-state index in [9.17, 15) is 9.90 Å². The van der Waals surface area contributed by atoms with Gasteiger partial charge in [-0.15, -0.1) is 0 Å². The lowest BCUT2D eigenvalue weighted by atomic mass is 9.99. The molecule has 0 bridgehead atoms. The molecule has 1 fully saturated rings. The minimum Gasteiger partial charge on any atom is -0.508 e. The van der Waals surface area contributed by atoms with Crippen molar-refractivity contribution in [2.45, 2.75) is 19.3 Å². The molecule has 0 aliphatic carbocycles. The molecule has 0 saturated carbocycles. The number of carbonyl (C=O) groups excluding carboxylic acids is 1. The van der Waals surface area contributed by atoms with Crippen molar-refractivity contribution in [3.63, 3.8) is 0 Å². The second-order valence-electron chi connectivity index (χ2n) is 5.33. The molecule has 19 heavy (non-hydrogen) atoms. The molecule has 1 aromatic rings. The van der Waals surface area contributed by atoms with Crippen molar-refractivity contribution < 1.29 is 9.90 Å². The van der Waals surface area contributed by atoms with E-state index in [1.807, 2.05) is 18.0 Å². The zero-order chi connectivity index (χ0) is 13.7. The Kier molecular flexibility index (Phi) is 4.80. The van der Waals surface area contributed by atoms with E-state index in [4.69, 9.17) is 0 Å². The number of hydrogen-bond acceptors (Lipinski definition) is 3. The minimum atomic E-state index is 0.108. The lowest BCUT2D eigenvalue weighted by Gasteiger charge is -2.27. The molecule has 0 aromatic heterocycles. The molecule has 1 aliphatic heterocycles. The Bertz CT molecular complexity index is 428. The van der Waals surface area contributed by atoms with Crippen molar-refractivity contribution in [1.29, 1.82) is 0 Å². The number of nitrogens with one attached hydrogen (secondary N) is 1. The molecule has 1 atom stereocenters. The fraction of sp³-hybridized carbons (Fsp3) is 0.533. The van der Waals surface area contributed by atoms with Crippen LogP contribution in [0, 0.1) is 5.92 Å². The van der Waals surface area contributed by atoms with Gasteiger partial charge in [0.1, 0.15) is 5.75 Å². The molecule has 2 rings (SSSR count). The van der Waals surface area contributed by atoms with Crippen LogP contribution in [-0.4, -0.2) is 42.6 Å². The van der Waals surface area contributed by atoms with Crippen molar-refractivity contribution in [2.75, 3.05) is 26.7 Å². The number of phenolic OH excluding ortho intramolecular Hbond substituents is 1.